The van der Waals surface area contributed by atoms with Crippen LogP contribution in [0.3, 0.4) is 0 Å². The number of hydrogen-bond donors (Lipinski definition) is 0. The summed E-state index contributed by atoms with van der Waals surface area (Å²) in [5.74, 6) is 1.19. The van der Waals surface area contributed by atoms with Gasteiger partial charge in [-0.1, -0.05) is 66.9 Å². The molecule has 2 heterocycles. The summed E-state index contributed by atoms with van der Waals surface area (Å²) >= 11 is 20.6. The van der Waals surface area contributed by atoms with Crippen LogP contribution in [-0.2, 0) is 0 Å². The van der Waals surface area contributed by atoms with Gasteiger partial charge in [-0.25, -0.2) is 0 Å². The molecule has 4 rings (SSSR count). The van der Waals surface area contributed by atoms with E-state index in [4.69, 9.17) is 39.8 Å². The van der Waals surface area contributed by atoms with E-state index >= 15 is 0 Å². The van der Waals surface area contributed by atoms with Gasteiger partial charge in [-0.3, -0.25) is 4.99 Å². The molecule has 0 bridgehead atoms. The first-order valence-corrected chi connectivity index (χ1v) is 12.3. The minimum Gasteiger partial charge on any atom is -0.320 e. The van der Waals surface area contributed by atoms with E-state index in [0.717, 1.165) is 39.9 Å². The molecule has 2 aromatic carbocycles. The van der Waals surface area contributed by atoms with Gasteiger partial charge in [0.1, 0.15) is 21.9 Å². The van der Waals surface area contributed by atoms with Gasteiger partial charge < -0.3 is 4.90 Å². The Morgan fingerprint density at radius 1 is 1.00 bits per heavy atom. The molecule has 0 spiro atoms. The van der Waals surface area contributed by atoms with Gasteiger partial charge >= 0.3 is 0 Å². The van der Waals surface area contributed by atoms with Crippen molar-refractivity contribution in [3.63, 3.8) is 0 Å². The molecule has 0 saturated heterocycles. The quantitative estimate of drug-likeness (QED) is 0.352. The molecule has 3 aromatic rings. The second-order valence-corrected chi connectivity index (χ2v) is 9.95. The lowest BCUT2D eigenvalue weighted by atomic mass is 10.0. The maximum absolute atomic E-state index is 6.60. The lowest BCUT2D eigenvalue weighted by Crippen LogP contribution is -2.37. The summed E-state index contributed by atoms with van der Waals surface area (Å²) in [6, 6.07) is 13.3. The summed E-state index contributed by atoms with van der Waals surface area (Å²) in [4.78, 5) is 7.38. The lowest BCUT2D eigenvalue weighted by Gasteiger charge is -2.29. The normalized spacial score (nSPS) is 19.5. The standard InChI is InChI=1S/C23H23Cl3N4S/c1-4-13(3)22-28-29-23(31-22)20-19(5-2)30(16-9-6-14(24)7-10-16)21(27-20)17-11-8-15(25)12-18(17)26/h6-13,19-20H,4-5H2,1-3H3. The lowest BCUT2D eigenvalue weighted by molar-refractivity contribution is 0.558. The van der Waals surface area contributed by atoms with Gasteiger partial charge in [0, 0.05) is 27.2 Å². The van der Waals surface area contributed by atoms with Crippen LogP contribution in [0.15, 0.2) is 47.5 Å². The average molecular weight is 494 g/mol. The zero-order valence-corrected chi connectivity index (χ0v) is 20.6. The fraction of sp³-hybridized carbons (Fsp3) is 0.348. The predicted molar refractivity (Wildman–Crippen MR) is 132 cm³/mol. The van der Waals surface area contributed by atoms with Crippen LogP contribution in [0.5, 0.6) is 0 Å². The van der Waals surface area contributed by atoms with Crippen LogP contribution in [0.2, 0.25) is 15.1 Å². The molecule has 1 aliphatic heterocycles. The highest BCUT2D eigenvalue weighted by molar-refractivity contribution is 7.11. The Hall–Kier alpha value is -1.66. The summed E-state index contributed by atoms with van der Waals surface area (Å²) in [6.45, 7) is 6.51. The monoisotopic (exact) mass is 492 g/mol. The molecular formula is C23H23Cl3N4S. The molecular weight excluding hydrogens is 471 g/mol. The number of nitrogens with zero attached hydrogens (tertiary/aromatic N) is 4. The maximum Gasteiger partial charge on any atom is 0.144 e. The molecule has 0 N–H and O–H groups in total. The summed E-state index contributed by atoms with van der Waals surface area (Å²) in [6.07, 6.45) is 1.91. The molecule has 162 valence electrons. The number of benzene rings is 2. The first-order chi connectivity index (χ1) is 14.9. The minimum absolute atomic E-state index is 0.0839. The highest BCUT2D eigenvalue weighted by atomic mass is 35.5. The van der Waals surface area contributed by atoms with Crippen molar-refractivity contribution < 1.29 is 0 Å². The molecule has 4 nitrogen and oxygen atoms in total. The molecule has 0 amide bonds. The fourth-order valence-electron chi connectivity index (χ4n) is 3.73. The van der Waals surface area contributed by atoms with Crippen LogP contribution in [0.25, 0.3) is 0 Å². The fourth-order valence-corrected chi connectivity index (χ4v) is 5.42. The van der Waals surface area contributed by atoms with Gasteiger partial charge in [-0.2, -0.15) is 0 Å². The molecule has 8 heteroatoms. The van der Waals surface area contributed by atoms with Gasteiger partial charge in [0.05, 0.1) is 11.1 Å². The van der Waals surface area contributed by atoms with Gasteiger partial charge in [0.25, 0.3) is 0 Å². The van der Waals surface area contributed by atoms with Crippen molar-refractivity contribution >= 4 is 57.7 Å². The SMILES string of the molecule is CCC(C)c1nnc(C2N=C(c3ccc(Cl)cc3Cl)N(c3ccc(Cl)cc3)C2CC)s1. The molecule has 0 saturated carbocycles. The highest BCUT2D eigenvalue weighted by Crippen LogP contribution is 2.41. The topological polar surface area (TPSA) is 41.4 Å². The van der Waals surface area contributed by atoms with Crippen molar-refractivity contribution in [3.8, 4) is 0 Å². The Morgan fingerprint density at radius 2 is 1.71 bits per heavy atom. The molecule has 3 atom stereocenters. The predicted octanol–water partition coefficient (Wildman–Crippen LogP) is 7.80. The smallest absolute Gasteiger partial charge is 0.144 e. The Bertz CT molecular complexity index is 1100. The Labute approximate surface area is 201 Å². The van der Waals surface area contributed by atoms with Crippen LogP contribution >= 0.6 is 46.1 Å². The minimum atomic E-state index is -0.127. The van der Waals surface area contributed by atoms with Gasteiger partial charge in [0.2, 0.25) is 0 Å². The molecule has 0 radical (unpaired) electrons. The van der Waals surface area contributed by atoms with Crippen molar-refractivity contribution in [2.45, 2.75) is 51.6 Å². The van der Waals surface area contributed by atoms with Crippen molar-refractivity contribution in [1.29, 1.82) is 0 Å². The van der Waals surface area contributed by atoms with E-state index in [0.29, 0.717) is 21.0 Å². The van der Waals surface area contributed by atoms with Gasteiger partial charge in [-0.05, 0) is 55.3 Å². The number of aromatic nitrogens is 2. The highest BCUT2D eigenvalue weighted by Gasteiger charge is 2.40. The molecule has 3 unspecified atom stereocenters. The van der Waals surface area contributed by atoms with E-state index in [9.17, 15) is 0 Å². The molecule has 31 heavy (non-hydrogen) atoms. The molecule has 0 fully saturated rings. The summed E-state index contributed by atoms with van der Waals surface area (Å²) in [5, 5.41) is 12.8. The largest absolute Gasteiger partial charge is 0.320 e. The third kappa shape index (κ3) is 4.47. The molecule has 1 aromatic heterocycles. The van der Waals surface area contributed by atoms with Crippen molar-refractivity contribution in [1.82, 2.24) is 10.2 Å². The van der Waals surface area contributed by atoms with Crippen LogP contribution in [0, 0.1) is 0 Å². The number of anilines is 1. The summed E-state index contributed by atoms with van der Waals surface area (Å²) in [7, 11) is 0. The van der Waals surface area contributed by atoms with E-state index in [1.807, 2.05) is 36.4 Å². The zero-order chi connectivity index (χ0) is 22.1. The second-order valence-electron chi connectivity index (χ2n) is 7.63. The number of hydrogen-bond acceptors (Lipinski definition) is 5. The first kappa shape index (κ1) is 22.5. The Morgan fingerprint density at radius 3 is 2.35 bits per heavy atom. The number of halogens is 3. The second kappa shape index (κ2) is 9.45. The van der Waals surface area contributed by atoms with Crippen molar-refractivity contribution in [2.24, 2.45) is 4.99 Å². The van der Waals surface area contributed by atoms with Crippen LogP contribution in [-0.4, -0.2) is 22.1 Å². The first-order valence-electron chi connectivity index (χ1n) is 10.3. The van der Waals surface area contributed by atoms with Crippen molar-refractivity contribution in [2.75, 3.05) is 4.90 Å². The molecule has 1 aliphatic rings. The third-order valence-corrected chi connectivity index (χ3v) is 7.65. The average Bonchev–Trinajstić information content (AvgIpc) is 3.38. The van der Waals surface area contributed by atoms with Crippen LogP contribution < -0.4 is 4.90 Å². The maximum atomic E-state index is 6.60. The van der Waals surface area contributed by atoms with Crippen LogP contribution in [0.1, 0.15) is 61.2 Å². The van der Waals surface area contributed by atoms with E-state index < -0.39 is 0 Å². The Kier molecular flexibility index (Phi) is 6.87. The molecule has 0 aliphatic carbocycles. The Balaban J connectivity index is 1.83. The van der Waals surface area contributed by atoms with Crippen molar-refractivity contribution in [3.05, 3.63) is 73.1 Å². The van der Waals surface area contributed by atoms with E-state index in [2.05, 4.69) is 35.9 Å². The van der Waals surface area contributed by atoms with Gasteiger partial charge in [0.15, 0.2) is 0 Å². The van der Waals surface area contributed by atoms with E-state index in [1.165, 1.54) is 0 Å². The zero-order valence-electron chi connectivity index (χ0n) is 17.5. The van der Waals surface area contributed by atoms with Crippen LogP contribution in [0.4, 0.5) is 5.69 Å². The van der Waals surface area contributed by atoms with E-state index in [1.54, 1.807) is 17.4 Å². The number of aliphatic imine (C=N–C) groups is 1. The van der Waals surface area contributed by atoms with Gasteiger partial charge in [-0.15, -0.1) is 10.2 Å². The van der Waals surface area contributed by atoms with E-state index in [-0.39, 0.29) is 12.1 Å². The number of amidine groups is 1. The summed E-state index contributed by atoms with van der Waals surface area (Å²) in [5.41, 5.74) is 1.85. The third-order valence-electron chi connectivity index (χ3n) is 5.62. The number of rotatable bonds is 6. The summed E-state index contributed by atoms with van der Waals surface area (Å²) < 4.78 is 0.